The summed E-state index contributed by atoms with van der Waals surface area (Å²) in [5, 5.41) is 3.38. The van der Waals surface area contributed by atoms with E-state index in [4.69, 9.17) is 18.9 Å². The van der Waals surface area contributed by atoms with Gasteiger partial charge in [-0.3, -0.25) is 4.79 Å². The van der Waals surface area contributed by atoms with Crippen molar-refractivity contribution in [1.29, 1.82) is 0 Å². The minimum atomic E-state index is -0.573. The lowest BCUT2D eigenvalue weighted by molar-refractivity contribution is -0.143. The highest BCUT2D eigenvalue weighted by atomic mass is 16.5. The molecule has 0 saturated heterocycles. The van der Waals surface area contributed by atoms with Gasteiger partial charge in [0.05, 0.1) is 33.0 Å². The third-order valence-electron chi connectivity index (χ3n) is 6.72. The smallest absolute Gasteiger partial charge is 0.337 e. The Hall–Kier alpha value is -3.74. The number of benzene rings is 2. The Bertz CT molecular complexity index is 1220. The fourth-order valence-corrected chi connectivity index (χ4v) is 5.06. The van der Waals surface area contributed by atoms with E-state index in [1.54, 1.807) is 27.4 Å². The molecule has 0 fully saturated rings. The van der Waals surface area contributed by atoms with Crippen LogP contribution in [-0.4, -0.2) is 39.2 Å². The Morgan fingerprint density at radius 2 is 1.58 bits per heavy atom. The summed E-state index contributed by atoms with van der Waals surface area (Å²) in [6.45, 7) is 5.48. The number of rotatable bonds is 7. The van der Waals surface area contributed by atoms with Crippen molar-refractivity contribution in [2.75, 3.05) is 21.3 Å². The Morgan fingerprint density at radius 1 is 0.917 bits per heavy atom. The predicted octanol–water partition coefficient (Wildman–Crippen LogP) is 5.03. The number of allylic oxidation sites excluding steroid dienone is 3. The second-order valence-corrected chi connectivity index (χ2v) is 9.36. The fraction of sp³-hybridized carbons (Fsp3) is 0.379. The minimum Gasteiger partial charge on any atom is -0.497 e. The average molecular weight is 492 g/mol. The van der Waals surface area contributed by atoms with Crippen molar-refractivity contribution in [1.82, 2.24) is 5.32 Å². The quantitative estimate of drug-likeness (QED) is 0.544. The van der Waals surface area contributed by atoms with Gasteiger partial charge in [0, 0.05) is 29.3 Å². The number of ketones is 1. The van der Waals surface area contributed by atoms with Crippen LogP contribution in [0.1, 0.15) is 56.6 Å². The molecule has 2 aliphatic rings. The molecule has 7 nitrogen and oxygen atoms in total. The first-order chi connectivity index (χ1) is 17.3. The van der Waals surface area contributed by atoms with Crippen LogP contribution in [0, 0.1) is 0 Å². The van der Waals surface area contributed by atoms with E-state index in [-0.39, 0.29) is 17.8 Å². The van der Waals surface area contributed by atoms with Crippen molar-refractivity contribution in [2.24, 2.45) is 0 Å². The summed E-state index contributed by atoms with van der Waals surface area (Å²) in [6, 6.07) is 13.3. The number of esters is 1. The molecule has 1 aliphatic carbocycles. The van der Waals surface area contributed by atoms with Crippen molar-refractivity contribution >= 4 is 11.8 Å². The molecule has 190 valence electrons. The molecule has 2 aromatic carbocycles. The number of carbonyl (C=O) groups is 2. The molecule has 2 aromatic rings. The van der Waals surface area contributed by atoms with Crippen LogP contribution in [0.4, 0.5) is 0 Å². The Morgan fingerprint density at radius 3 is 2.19 bits per heavy atom. The van der Waals surface area contributed by atoms with E-state index in [2.05, 4.69) is 5.32 Å². The summed E-state index contributed by atoms with van der Waals surface area (Å²) in [4.78, 5) is 27.0. The standard InChI is InChI=1S/C29H33NO6/c1-16(2)36-29(32)26-17(3)30-22-13-20(18-7-10-21(33-4)11-8-18)14-23(31)28(22)27(26)19-9-12-24(34-5)25(15-19)35-6/h7-12,15-16,20,27,30H,13-14H2,1-6H3. The first kappa shape index (κ1) is 25.4. The lowest BCUT2D eigenvalue weighted by Gasteiger charge is -2.37. The van der Waals surface area contributed by atoms with Crippen molar-refractivity contribution in [3.8, 4) is 17.2 Å². The van der Waals surface area contributed by atoms with Gasteiger partial charge in [-0.15, -0.1) is 0 Å². The maximum absolute atomic E-state index is 13.7. The summed E-state index contributed by atoms with van der Waals surface area (Å²) < 4.78 is 21.8. The predicted molar refractivity (Wildman–Crippen MR) is 136 cm³/mol. The molecule has 0 amide bonds. The van der Waals surface area contributed by atoms with E-state index in [0.29, 0.717) is 41.2 Å². The highest BCUT2D eigenvalue weighted by Crippen LogP contribution is 2.47. The lowest BCUT2D eigenvalue weighted by Crippen LogP contribution is -2.36. The van der Waals surface area contributed by atoms with Gasteiger partial charge >= 0.3 is 5.97 Å². The van der Waals surface area contributed by atoms with Crippen molar-refractivity contribution < 1.29 is 28.5 Å². The van der Waals surface area contributed by atoms with Gasteiger partial charge in [0.2, 0.25) is 0 Å². The zero-order chi connectivity index (χ0) is 26.0. The van der Waals surface area contributed by atoms with Gasteiger partial charge in [0.15, 0.2) is 17.3 Å². The van der Waals surface area contributed by atoms with E-state index < -0.39 is 11.9 Å². The summed E-state index contributed by atoms with van der Waals surface area (Å²) in [7, 11) is 4.77. The van der Waals surface area contributed by atoms with Gasteiger partial charge in [-0.2, -0.15) is 0 Å². The molecular weight excluding hydrogens is 458 g/mol. The molecule has 0 radical (unpaired) electrons. The van der Waals surface area contributed by atoms with Crippen molar-refractivity contribution in [3.05, 3.63) is 76.1 Å². The first-order valence-electron chi connectivity index (χ1n) is 12.1. The third kappa shape index (κ3) is 4.83. The highest BCUT2D eigenvalue weighted by molar-refractivity contribution is 6.04. The number of dihydropyridines is 1. The number of Topliss-reactive ketones (excluding diaryl/α,β-unsaturated/α-hetero) is 1. The molecule has 36 heavy (non-hydrogen) atoms. The molecule has 2 unspecified atom stereocenters. The largest absolute Gasteiger partial charge is 0.497 e. The number of hydrogen-bond acceptors (Lipinski definition) is 7. The Kier molecular flexibility index (Phi) is 7.38. The van der Waals surface area contributed by atoms with Gasteiger partial charge in [-0.05, 0) is 68.5 Å². The molecule has 1 heterocycles. The second-order valence-electron chi connectivity index (χ2n) is 9.36. The molecular formula is C29H33NO6. The highest BCUT2D eigenvalue weighted by Gasteiger charge is 2.41. The third-order valence-corrected chi connectivity index (χ3v) is 6.72. The molecule has 0 aromatic heterocycles. The van der Waals surface area contributed by atoms with Crippen LogP contribution >= 0.6 is 0 Å². The molecule has 4 rings (SSSR count). The van der Waals surface area contributed by atoms with Crippen molar-refractivity contribution in [3.63, 3.8) is 0 Å². The first-order valence-corrected chi connectivity index (χ1v) is 12.1. The maximum Gasteiger partial charge on any atom is 0.337 e. The molecule has 0 spiro atoms. The lowest BCUT2D eigenvalue weighted by atomic mass is 9.71. The molecule has 1 aliphatic heterocycles. The maximum atomic E-state index is 13.7. The number of ether oxygens (including phenoxy) is 4. The SMILES string of the molecule is COc1ccc(C2CC(=O)C3=C(C2)NC(C)=C(C(=O)OC(C)C)C3c2ccc(OC)c(OC)c2)cc1. The summed E-state index contributed by atoms with van der Waals surface area (Å²) >= 11 is 0. The minimum absolute atomic E-state index is 0.00620. The zero-order valence-corrected chi connectivity index (χ0v) is 21.6. The number of methoxy groups -OCH3 is 3. The molecule has 0 bridgehead atoms. The molecule has 7 heteroatoms. The Labute approximate surface area is 212 Å². The van der Waals surface area contributed by atoms with E-state index in [0.717, 1.165) is 22.6 Å². The van der Waals surface area contributed by atoms with Gasteiger partial charge in [0.25, 0.3) is 0 Å². The van der Waals surface area contributed by atoms with Crippen LogP contribution in [0.3, 0.4) is 0 Å². The van der Waals surface area contributed by atoms with Gasteiger partial charge < -0.3 is 24.3 Å². The van der Waals surface area contributed by atoms with Crippen LogP contribution < -0.4 is 19.5 Å². The van der Waals surface area contributed by atoms with Crippen molar-refractivity contribution in [2.45, 2.75) is 51.6 Å². The summed E-state index contributed by atoms with van der Waals surface area (Å²) in [5.41, 5.74) is 4.41. The monoisotopic (exact) mass is 491 g/mol. The van der Waals surface area contributed by atoms with Gasteiger partial charge in [-0.1, -0.05) is 18.2 Å². The Balaban J connectivity index is 1.80. The van der Waals surface area contributed by atoms with Crippen LogP contribution in [0.2, 0.25) is 0 Å². The van der Waals surface area contributed by atoms with Crippen LogP contribution in [0.25, 0.3) is 0 Å². The van der Waals surface area contributed by atoms with E-state index in [1.807, 2.05) is 57.2 Å². The number of carbonyl (C=O) groups excluding carboxylic acids is 2. The second kappa shape index (κ2) is 10.5. The van der Waals surface area contributed by atoms with Gasteiger partial charge in [-0.25, -0.2) is 4.79 Å². The van der Waals surface area contributed by atoms with Gasteiger partial charge in [0.1, 0.15) is 5.75 Å². The molecule has 1 N–H and O–H groups in total. The zero-order valence-electron chi connectivity index (χ0n) is 21.6. The number of nitrogens with one attached hydrogen (secondary N) is 1. The van der Waals surface area contributed by atoms with E-state index in [9.17, 15) is 9.59 Å². The van der Waals surface area contributed by atoms with E-state index in [1.165, 1.54) is 0 Å². The average Bonchev–Trinajstić information content (AvgIpc) is 2.86. The molecule has 0 saturated carbocycles. The molecule has 2 atom stereocenters. The summed E-state index contributed by atoms with van der Waals surface area (Å²) in [6.07, 6.45) is 0.712. The normalized spacial score (nSPS) is 19.6. The topological polar surface area (TPSA) is 83.1 Å². The number of hydrogen-bond donors (Lipinski definition) is 1. The van der Waals surface area contributed by atoms with E-state index >= 15 is 0 Å². The van der Waals surface area contributed by atoms with Crippen LogP contribution in [0.15, 0.2) is 65.0 Å². The summed E-state index contributed by atoms with van der Waals surface area (Å²) in [5.74, 6) is 0.903. The van der Waals surface area contributed by atoms with Crippen LogP contribution in [-0.2, 0) is 14.3 Å². The van der Waals surface area contributed by atoms with Crippen LogP contribution in [0.5, 0.6) is 17.2 Å². The fourth-order valence-electron chi connectivity index (χ4n) is 5.06.